The highest BCUT2D eigenvalue weighted by Gasteiger charge is 2.14. The van der Waals surface area contributed by atoms with Crippen LogP contribution in [0.2, 0.25) is 0 Å². The van der Waals surface area contributed by atoms with Crippen molar-refractivity contribution in [2.24, 2.45) is 0 Å². The van der Waals surface area contributed by atoms with Crippen molar-refractivity contribution in [1.29, 1.82) is 0 Å². The summed E-state index contributed by atoms with van der Waals surface area (Å²) in [7, 11) is 1.42. The van der Waals surface area contributed by atoms with Crippen LogP contribution in [0.5, 0.6) is 17.4 Å². The van der Waals surface area contributed by atoms with Crippen molar-refractivity contribution in [2.75, 3.05) is 7.11 Å². The summed E-state index contributed by atoms with van der Waals surface area (Å²) in [6.07, 6.45) is 5.97. The van der Waals surface area contributed by atoms with E-state index in [1.165, 1.54) is 37.4 Å². The fourth-order valence-corrected chi connectivity index (χ4v) is 2.51. The number of rotatable bonds is 3. The van der Waals surface area contributed by atoms with Gasteiger partial charge in [-0.1, -0.05) is 6.07 Å². The molecule has 0 bridgehead atoms. The Balaban J connectivity index is 1.92. The van der Waals surface area contributed by atoms with Gasteiger partial charge in [-0.05, 0) is 48.9 Å². The van der Waals surface area contributed by atoms with Crippen LogP contribution in [-0.2, 0) is 12.8 Å². The van der Waals surface area contributed by atoms with Gasteiger partial charge < -0.3 is 14.5 Å². The molecule has 104 valence electrons. The van der Waals surface area contributed by atoms with Gasteiger partial charge in [0.2, 0.25) is 5.75 Å². The predicted octanol–water partition coefficient (Wildman–Crippen LogP) is 2.45. The van der Waals surface area contributed by atoms with E-state index in [1.54, 1.807) is 0 Å². The number of methoxy groups -OCH3 is 1. The molecular weight excluding hydrogens is 256 g/mol. The lowest BCUT2D eigenvalue weighted by Crippen LogP contribution is -2.11. The minimum Gasteiger partial charge on any atom is -0.487 e. The number of ether oxygens (including phenoxy) is 2. The lowest BCUT2D eigenvalue weighted by Gasteiger charge is -2.16. The Labute approximate surface area is 116 Å². The lowest BCUT2D eigenvalue weighted by molar-refractivity contribution is 0.362. The lowest BCUT2D eigenvalue weighted by atomic mass is 9.92. The number of aromatic nitrogens is 2. The SMILES string of the molecule is COc1c(Oc2ccc3c(c2)CCCC3)nc[nH]c1=O. The number of H-pyrrole nitrogens is 1. The molecule has 0 aliphatic heterocycles. The van der Waals surface area contributed by atoms with Crippen molar-refractivity contribution in [3.63, 3.8) is 0 Å². The van der Waals surface area contributed by atoms with Gasteiger partial charge in [0.05, 0.1) is 13.4 Å². The molecular formula is C15H16N2O3. The molecule has 1 N–H and O–H groups in total. The van der Waals surface area contributed by atoms with Crippen molar-refractivity contribution in [3.8, 4) is 17.4 Å². The van der Waals surface area contributed by atoms with Crippen LogP contribution in [0.25, 0.3) is 0 Å². The normalized spacial score (nSPS) is 13.7. The molecule has 1 aromatic carbocycles. The van der Waals surface area contributed by atoms with E-state index in [0.29, 0.717) is 5.75 Å². The monoisotopic (exact) mass is 272 g/mol. The van der Waals surface area contributed by atoms with Crippen LogP contribution in [0.3, 0.4) is 0 Å². The Morgan fingerprint density at radius 1 is 1.20 bits per heavy atom. The second kappa shape index (κ2) is 5.36. The molecule has 1 aliphatic rings. The first-order valence-corrected chi connectivity index (χ1v) is 6.69. The van der Waals surface area contributed by atoms with Gasteiger partial charge in [0, 0.05) is 0 Å². The van der Waals surface area contributed by atoms with E-state index >= 15 is 0 Å². The second-order valence-corrected chi connectivity index (χ2v) is 4.81. The van der Waals surface area contributed by atoms with E-state index in [9.17, 15) is 4.79 Å². The largest absolute Gasteiger partial charge is 0.487 e. The minimum absolute atomic E-state index is 0.0882. The first-order chi connectivity index (χ1) is 9.78. The third-order valence-corrected chi connectivity index (χ3v) is 3.52. The summed E-state index contributed by atoms with van der Waals surface area (Å²) in [5.74, 6) is 0.958. The summed E-state index contributed by atoms with van der Waals surface area (Å²) in [6, 6.07) is 6.02. The first-order valence-electron chi connectivity index (χ1n) is 6.69. The smallest absolute Gasteiger partial charge is 0.297 e. The maximum Gasteiger partial charge on any atom is 0.297 e. The number of benzene rings is 1. The zero-order valence-electron chi connectivity index (χ0n) is 11.3. The van der Waals surface area contributed by atoms with Gasteiger partial charge in [-0.3, -0.25) is 4.79 Å². The van der Waals surface area contributed by atoms with Crippen LogP contribution in [0.15, 0.2) is 29.3 Å². The van der Waals surface area contributed by atoms with Crippen molar-refractivity contribution in [1.82, 2.24) is 9.97 Å². The molecule has 0 saturated heterocycles. The maximum atomic E-state index is 11.6. The number of nitrogens with zero attached hydrogens (tertiary/aromatic N) is 1. The van der Waals surface area contributed by atoms with Gasteiger partial charge in [0.1, 0.15) is 5.75 Å². The number of fused-ring (bicyclic) bond motifs is 1. The number of nitrogens with one attached hydrogen (secondary N) is 1. The topological polar surface area (TPSA) is 64.2 Å². The van der Waals surface area contributed by atoms with Gasteiger partial charge in [-0.15, -0.1) is 0 Å². The zero-order chi connectivity index (χ0) is 13.9. The van der Waals surface area contributed by atoms with Gasteiger partial charge in [0.15, 0.2) is 0 Å². The van der Waals surface area contributed by atoms with Crippen LogP contribution in [0.4, 0.5) is 0 Å². The number of hydrogen-bond acceptors (Lipinski definition) is 4. The zero-order valence-corrected chi connectivity index (χ0v) is 11.3. The summed E-state index contributed by atoms with van der Waals surface area (Å²) >= 11 is 0. The summed E-state index contributed by atoms with van der Waals surface area (Å²) in [4.78, 5) is 18.1. The molecule has 2 aromatic rings. The molecule has 0 amide bonds. The molecule has 5 nitrogen and oxygen atoms in total. The van der Waals surface area contributed by atoms with E-state index < -0.39 is 0 Å². The number of aromatic amines is 1. The first kappa shape index (κ1) is 12.7. The van der Waals surface area contributed by atoms with Crippen LogP contribution in [0, 0.1) is 0 Å². The maximum absolute atomic E-state index is 11.6. The van der Waals surface area contributed by atoms with Crippen molar-refractivity contribution in [3.05, 3.63) is 46.0 Å². The van der Waals surface area contributed by atoms with E-state index in [2.05, 4.69) is 16.0 Å². The Bertz CT molecular complexity index is 679. The molecule has 1 aromatic heterocycles. The van der Waals surface area contributed by atoms with E-state index in [0.717, 1.165) is 12.8 Å². The van der Waals surface area contributed by atoms with Crippen LogP contribution in [-0.4, -0.2) is 17.1 Å². The molecule has 0 spiro atoms. The van der Waals surface area contributed by atoms with Crippen LogP contribution < -0.4 is 15.0 Å². The standard InChI is InChI=1S/C15H16N2O3/c1-19-13-14(18)16-9-17-15(13)20-12-7-6-10-4-2-3-5-11(10)8-12/h6-9H,2-5H2,1H3,(H,16,17,18). The molecule has 0 unspecified atom stereocenters. The molecule has 20 heavy (non-hydrogen) atoms. The average molecular weight is 272 g/mol. The highest BCUT2D eigenvalue weighted by atomic mass is 16.5. The van der Waals surface area contributed by atoms with Gasteiger partial charge >= 0.3 is 0 Å². The van der Waals surface area contributed by atoms with Crippen molar-refractivity contribution < 1.29 is 9.47 Å². The summed E-state index contributed by atoms with van der Waals surface area (Å²) in [5, 5.41) is 0. The predicted molar refractivity (Wildman–Crippen MR) is 74.6 cm³/mol. The Kier molecular flexibility index (Phi) is 3.41. The highest BCUT2D eigenvalue weighted by molar-refractivity contribution is 5.40. The summed E-state index contributed by atoms with van der Waals surface area (Å²) in [5.41, 5.74) is 2.35. The molecule has 0 radical (unpaired) electrons. The van der Waals surface area contributed by atoms with Crippen LogP contribution >= 0.6 is 0 Å². The quantitative estimate of drug-likeness (QED) is 0.932. The molecule has 3 rings (SSSR count). The second-order valence-electron chi connectivity index (χ2n) is 4.81. The van der Waals surface area contributed by atoms with E-state index in [-0.39, 0.29) is 17.2 Å². The third kappa shape index (κ3) is 2.39. The van der Waals surface area contributed by atoms with Gasteiger partial charge in [0.25, 0.3) is 11.4 Å². The van der Waals surface area contributed by atoms with Crippen molar-refractivity contribution >= 4 is 0 Å². The Hall–Kier alpha value is -2.30. The molecule has 0 saturated carbocycles. The molecule has 1 aliphatic carbocycles. The van der Waals surface area contributed by atoms with Crippen LogP contribution in [0.1, 0.15) is 24.0 Å². The van der Waals surface area contributed by atoms with Gasteiger partial charge in [-0.25, -0.2) is 4.98 Å². The Morgan fingerprint density at radius 2 is 2.00 bits per heavy atom. The number of hydrogen-bond donors (Lipinski definition) is 1. The Morgan fingerprint density at radius 3 is 2.80 bits per heavy atom. The minimum atomic E-state index is -0.351. The molecule has 0 atom stereocenters. The molecule has 1 heterocycles. The third-order valence-electron chi connectivity index (χ3n) is 3.52. The summed E-state index contributed by atoms with van der Waals surface area (Å²) in [6.45, 7) is 0. The molecule has 0 fully saturated rings. The highest BCUT2D eigenvalue weighted by Crippen LogP contribution is 2.29. The van der Waals surface area contributed by atoms with E-state index in [1.807, 2.05) is 12.1 Å². The summed E-state index contributed by atoms with van der Waals surface area (Å²) < 4.78 is 10.7. The fraction of sp³-hybridized carbons (Fsp3) is 0.333. The average Bonchev–Trinajstić information content (AvgIpc) is 2.47. The van der Waals surface area contributed by atoms with Gasteiger partial charge in [-0.2, -0.15) is 0 Å². The van der Waals surface area contributed by atoms with Crippen molar-refractivity contribution in [2.45, 2.75) is 25.7 Å². The molecule has 5 heteroatoms. The fourth-order valence-electron chi connectivity index (χ4n) is 2.51. The van der Waals surface area contributed by atoms with E-state index in [4.69, 9.17) is 9.47 Å². The number of aryl methyl sites for hydroxylation is 2.